The van der Waals surface area contributed by atoms with Gasteiger partial charge in [0.05, 0.1) is 5.41 Å². The second kappa shape index (κ2) is 7.41. The third-order valence-electron chi connectivity index (χ3n) is 3.75. The van der Waals surface area contributed by atoms with Gasteiger partial charge in [0.25, 0.3) is 0 Å². The Morgan fingerprint density at radius 1 is 1.45 bits per heavy atom. The van der Waals surface area contributed by atoms with E-state index in [1.807, 2.05) is 25.1 Å². The third kappa shape index (κ3) is 3.73. The molecule has 0 aromatic heterocycles. The lowest BCUT2D eigenvalue weighted by molar-refractivity contribution is -0.130. The number of ether oxygens (including phenoxy) is 1. The van der Waals surface area contributed by atoms with E-state index in [9.17, 15) is 4.79 Å². The van der Waals surface area contributed by atoms with Gasteiger partial charge < -0.3 is 15.8 Å². The van der Waals surface area contributed by atoms with Gasteiger partial charge in [0, 0.05) is 29.9 Å². The molecule has 112 valence electrons. The highest BCUT2D eigenvalue weighted by atomic mass is 79.9. The summed E-state index contributed by atoms with van der Waals surface area (Å²) in [4.78, 5) is 12.5. The molecule has 0 bridgehead atoms. The minimum atomic E-state index is -0.490. The molecule has 0 radical (unpaired) electrons. The van der Waals surface area contributed by atoms with Gasteiger partial charge >= 0.3 is 0 Å². The van der Waals surface area contributed by atoms with E-state index in [4.69, 9.17) is 10.5 Å². The van der Waals surface area contributed by atoms with Crippen LogP contribution in [0, 0.1) is 12.3 Å². The van der Waals surface area contributed by atoms with Gasteiger partial charge in [0.2, 0.25) is 5.91 Å². The van der Waals surface area contributed by atoms with E-state index in [0.29, 0.717) is 32.6 Å². The molecule has 0 saturated carbocycles. The van der Waals surface area contributed by atoms with Crippen LogP contribution in [0.4, 0.5) is 5.69 Å². The van der Waals surface area contributed by atoms with Crippen molar-refractivity contribution in [2.45, 2.75) is 19.8 Å². The summed E-state index contributed by atoms with van der Waals surface area (Å²) in [5, 5.41) is 2.97. The second-order valence-corrected chi connectivity index (χ2v) is 5.87. The van der Waals surface area contributed by atoms with Crippen LogP contribution in [0.3, 0.4) is 0 Å². The normalized spacial score (nSPS) is 17.1. The zero-order chi connectivity index (χ0) is 13.9. The molecule has 2 rings (SSSR count). The fourth-order valence-electron chi connectivity index (χ4n) is 2.22. The first-order chi connectivity index (χ1) is 9.07. The molecule has 4 nitrogen and oxygen atoms in total. The molecule has 1 aromatic carbocycles. The quantitative estimate of drug-likeness (QED) is 0.868. The summed E-state index contributed by atoms with van der Waals surface area (Å²) in [6.45, 7) is 3.56. The number of benzene rings is 1. The number of halogens is 2. The highest BCUT2D eigenvalue weighted by Gasteiger charge is 2.38. The predicted molar refractivity (Wildman–Crippen MR) is 86.3 cm³/mol. The molecule has 1 saturated heterocycles. The first-order valence-electron chi connectivity index (χ1n) is 6.43. The van der Waals surface area contributed by atoms with E-state index < -0.39 is 5.41 Å². The van der Waals surface area contributed by atoms with Crippen molar-refractivity contribution in [1.29, 1.82) is 0 Å². The monoisotopic (exact) mass is 362 g/mol. The van der Waals surface area contributed by atoms with Crippen LogP contribution in [0.2, 0.25) is 0 Å². The van der Waals surface area contributed by atoms with Crippen LogP contribution in [0.1, 0.15) is 18.4 Å². The van der Waals surface area contributed by atoms with Crippen molar-refractivity contribution in [3.8, 4) is 0 Å². The Labute approximate surface area is 134 Å². The summed E-state index contributed by atoms with van der Waals surface area (Å²) >= 11 is 3.47. The van der Waals surface area contributed by atoms with E-state index in [1.165, 1.54) is 0 Å². The molecule has 1 amide bonds. The van der Waals surface area contributed by atoms with E-state index in [-0.39, 0.29) is 18.3 Å². The lowest BCUT2D eigenvalue weighted by Gasteiger charge is -2.34. The molecular weight excluding hydrogens is 344 g/mol. The maximum atomic E-state index is 12.5. The van der Waals surface area contributed by atoms with Gasteiger partial charge in [0.15, 0.2) is 0 Å². The number of nitrogens with one attached hydrogen (secondary N) is 1. The van der Waals surface area contributed by atoms with Crippen molar-refractivity contribution in [3.05, 3.63) is 28.2 Å². The molecular formula is C14H20BrClN2O2. The number of hydrogen-bond donors (Lipinski definition) is 2. The van der Waals surface area contributed by atoms with Gasteiger partial charge in [-0.3, -0.25) is 4.79 Å². The predicted octanol–water partition coefficient (Wildman–Crippen LogP) is 2.87. The molecule has 0 unspecified atom stereocenters. The second-order valence-electron chi connectivity index (χ2n) is 5.01. The number of nitrogens with two attached hydrogens (primary N) is 1. The Kier molecular flexibility index (Phi) is 6.45. The molecule has 1 aliphatic heterocycles. The Balaban J connectivity index is 0.00000200. The maximum Gasteiger partial charge on any atom is 0.232 e. The average Bonchev–Trinajstić information content (AvgIpc) is 2.43. The Morgan fingerprint density at radius 2 is 2.10 bits per heavy atom. The topological polar surface area (TPSA) is 64.4 Å². The number of carbonyl (C=O) groups excluding carboxylic acids is 1. The van der Waals surface area contributed by atoms with Crippen LogP contribution in [-0.4, -0.2) is 25.7 Å². The average molecular weight is 364 g/mol. The van der Waals surface area contributed by atoms with Crippen molar-refractivity contribution in [2.24, 2.45) is 11.1 Å². The third-order valence-corrected chi connectivity index (χ3v) is 4.61. The molecule has 0 spiro atoms. The fourth-order valence-corrected chi connectivity index (χ4v) is 2.60. The number of aryl methyl sites for hydroxylation is 1. The van der Waals surface area contributed by atoms with Gasteiger partial charge in [-0.1, -0.05) is 22.0 Å². The summed E-state index contributed by atoms with van der Waals surface area (Å²) in [6.07, 6.45) is 1.37. The zero-order valence-electron chi connectivity index (χ0n) is 11.4. The summed E-state index contributed by atoms with van der Waals surface area (Å²) in [7, 11) is 0. The number of carbonyl (C=O) groups is 1. The van der Waals surface area contributed by atoms with Crippen molar-refractivity contribution in [3.63, 3.8) is 0 Å². The smallest absolute Gasteiger partial charge is 0.232 e. The molecule has 3 N–H and O–H groups in total. The first kappa shape index (κ1) is 17.4. The summed E-state index contributed by atoms with van der Waals surface area (Å²) in [6, 6.07) is 5.79. The molecule has 6 heteroatoms. The van der Waals surface area contributed by atoms with Crippen LogP contribution in [0.5, 0.6) is 0 Å². The highest BCUT2D eigenvalue weighted by Crippen LogP contribution is 2.31. The number of hydrogen-bond acceptors (Lipinski definition) is 3. The van der Waals surface area contributed by atoms with Crippen LogP contribution >= 0.6 is 28.3 Å². The lowest BCUT2D eigenvalue weighted by Crippen LogP contribution is -2.46. The molecule has 0 aliphatic carbocycles. The zero-order valence-corrected chi connectivity index (χ0v) is 13.9. The van der Waals surface area contributed by atoms with E-state index in [1.54, 1.807) is 0 Å². The molecule has 1 fully saturated rings. The number of rotatable bonds is 3. The van der Waals surface area contributed by atoms with Gasteiger partial charge in [-0.05, 0) is 37.5 Å². The molecule has 1 aromatic rings. The van der Waals surface area contributed by atoms with Crippen LogP contribution in [0.25, 0.3) is 0 Å². The van der Waals surface area contributed by atoms with Gasteiger partial charge in [-0.15, -0.1) is 12.4 Å². The van der Waals surface area contributed by atoms with Crippen LogP contribution in [-0.2, 0) is 9.53 Å². The number of anilines is 1. The summed E-state index contributed by atoms with van der Waals surface area (Å²) < 4.78 is 6.30. The van der Waals surface area contributed by atoms with Crippen molar-refractivity contribution in [1.82, 2.24) is 0 Å². The van der Waals surface area contributed by atoms with Crippen molar-refractivity contribution < 1.29 is 9.53 Å². The summed E-state index contributed by atoms with van der Waals surface area (Å²) in [5.41, 5.74) is 7.26. The largest absolute Gasteiger partial charge is 0.381 e. The standard InChI is InChI=1S/C14H19BrN2O2.ClH/c1-10-2-3-11(8-12(10)15)17-13(18)14(9-16)4-6-19-7-5-14;/h2-3,8H,4-7,9,16H2,1H3,(H,17,18);1H. The molecule has 0 atom stereocenters. The molecule has 20 heavy (non-hydrogen) atoms. The van der Waals surface area contributed by atoms with Crippen molar-refractivity contribution in [2.75, 3.05) is 25.1 Å². The van der Waals surface area contributed by atoms with Crippen LogP contribution < -0.4 is 11.1 Å². The SMILES string of the molecule is Cc1ccc(NC(=O)C2(CN)CCOCC2)cc1Br.Cl. The Morgan fingerprint density at radius 3 is 2.65 bits per heavy atom. The molecule has 1 heterocycles. The van der Waals surface area contributed by atoms with Gasteiger partial charge in [0.1, 0.15) is 0 Å². The van der Waals surface area contributed by atoms with Crippen LogP contribution in [0.15, 0.2) is 22.7 Å². The van der Waals surface area contributed by atoms with E-state index in [2.05, 4.69) is 21.2 Å². The van der Waals surface area contributed by atoms with Gasteiger partial charge in [-0.2, -0.15) is 0 Å². The fraction of sp³-hybridized carbons (Fsp3) is 0.500. The maximum absolute atomic E-state index is 12.5. The minimum absolute atomic E-state index is 0. The van der Waals surface area contributed by atoms with Gasteiger partial charge in [-0.25, -0.2) is 0 Å². The van der Waals surface area contributed by atoms with E-state index in [0.717, 1.165) is 15.7 Å². The first-order valence-corrected chi connectivity index (χ1v) is 7.22. The lowest BCUT2D eigenvalue weighted by atomic mass is 9.79. The highest BCUT2D eigenvalue weighted by molar-refractivity contribution is 9.10. The Hall–Kier alpha value is -0.620. The van der Waals surface area contributed by atoms with Crippen molar-refractivity contribution >= 4 is 39.9 Å². The molecule has 1 aliphatic rings. The summed E-state index contributed by atoms with van der Waals surface area (Å²) in [5.74, 6) is -0.00551. The minimum Gasteiger partial charge on any atom is -0.381 e. The Bertz CT molecular complexity index is 476. The van der Waals surface area contributed by atoms with E-state index >= 15 is 0 Å². The number of amides is 1.